The van der Waals surface area contributed by atoms with Gasteiger partial charge in [0, 0.05) is 8.07 Å². The van der Waals surface area contributed by atoms with Crippen molar-refractivity contribution in [2.75, 3.05) is 13.1 Å². The van der Waals surface area contributed by atoms with E-state index in [1.165, 1.54) is 38.4 Å². The van der Waals surface area contributed by atoms with E-state index in [9.17, 15) is 0 Å². The Morgan fingerprint density at radius 1 is 1.07 bits per heavy atom. The van der Waals surface area contributed by atoms with Crippen LogP contribution in [0.5, 0.6) is 0 Å². The van der Waals surface area contributed by atoms with Gasteiger partial charge in [-0.05, 0) is 31.8 Å². The molecule has 2 heteroatoms. The minimum absolute atomic E-state index is 0.858. The maximum Gasteiger partial charge on any atom is 0.0445 e. The Labute approximate surface area is 91.7 Å². The Morgan fingerprint density at radius 2 is 1.71 bits per heavy atom. The monoisotopic (exact) mass is 215 g/mol. The summed E-state index contributed by atoms with van der Waals surface area (Å²) in [4.78, 5) is 0. The van der Waals surface area contributed by atoms with Gasteiger partial charge in [-0.1, -0.05) is 46.0 Å². The van der Waals surface area contributed by atoms with Gasteiger partial charge in [-0.2, -0.15) is 0 Å². The largest absolute Gasteiger partial charge is 0.316 e. The molecule has 1 nitrogen and oxygen atoms in total. The number of hydrogen-bond donors (Lipinski definition) is 1. The van der Waals surface area contributed by atoms with Crippen molar-refractivity contribution in [2.24, 2.45) is 5.92 Å². The zero-order valence-electron chi connectivity index (χ0n) is 10.8. The standard InChI is InChI=1S/C12H29NSi/c1-6-8-12(10-13-9-7-2)11-14(3,4)5/h12-13H,6-11H2,1-5H3. The van der Waals surface area contributed by atoms with Crippen molar-refractivity contribution in [3.63, 3.8) is 0 Å². The van der Waals surface area contributed by atoms with Crippen molar-refractivity contribution < 1.29 is 0 Å². The predicted octanol–water partition coefficient (Wildman–Crippen LogP) is 3.74. The molecule has 0 radical (unpaired) electrons. The van der Waals surface area contributed by atoms with Crippen LogP contribution >= 0.6 is 0 Å². The third-order valence-corrected chi connectivity index (χ3v) is 4.26. The van der Waals surface area contributed by atoms with E-state index in [1.54, 1.807) is 0 Å². The van der Waals surface area contributed by atoms with E-state index in [4.69, 9.17) is 0 Å². The summed E-state index contributed by atoms with van der Waals surface area (Å²) in [7, 11) is -0.858. The van der Waals surface area contributed by atoms with E-state index in [1.807, 2.05) is 0 Å². The minimum atomic E-state index is -0.858. The summed E-state index contributed by atoms with van der Waals surface area (Å²) in [5.74, 6) is 0.929. The Morgan fingerprint density at radius 3 is 2.14 bits per heavy atom. The van der Waals surface area contributed by atoms with Gasteiger partial charge in [0.25, 0.3) is 0 Å². The second kappa shape index (κ2) is 7.47. The highest BCUT2D eigenvalue weighted by Gasteiger charge is 2.19. The van der Waals surface area contributed by atoms with Gasteiger partial charge in [0.15, 0.2) is 0 Å². The molecular weight excluding hydrogens is 186 g/mol. The van der Waals surface area contributed by atoms with Gasteiger partial charge >= 0.3 is 0 Å². The van der Waals surface area contributed by atoms with E-state index < -0.39 is 8.07 Å². The molecular formula is C12H29NSi. The number of hydrogen-bond acceptors (Lipinski definition) is 1. The van der Waals surface area contributed by atoms with Crippen molar-refractivity contribution in [1.82, 2.24) is 5.32 Å². The summed E-state index contributed by atoms with van der Waals surface area (Å²) in [6.07, 6.45) is 4.00. The fourth-order valence-corrected chi connectivity index (χ4v) is 4.11. The van der Waals surface area contributed by atoms with Crippen molar-refractivity contribution in [1.29, 1.82) is 0 Å². The summed E-state index contributed by atoms with van der Waals surface area (Å²) < 4.78 is 0. The second-order valence-electron chi connectivity index (χ2n) is 5.62. The molecule has 0 fully saturated rings. The van der Waals surface area contributed by atoms with Gasteiger partial charge in [-0.15, -0.1) is 0 Å². The van der Waals surface area contributed by atoms with E-state index in [0.29, 0.717) is 0 Å². The minimum Gasteiger partial charge on any atom is -0.316 e. The lowest BCUT2D eigenvalue weighted by Gasteiger charge is -2.24. The van der Waals surface area contributed by atoms with Gasteiger partial charge in [-0.3, -0.25) is 0 Å². The van der Waals surface area contributed by atoms with Crippen LogP contribution < -0.4 is 5.32 Å². The van der Waals surface area contributed by atoms with E-state index >= 15 is 0 Å². The fraction of sp³-hybridized carbons (Fsp3) is 1.00. The molecule has 1 unspecified atom stereocenters. The van der Waals surface area contributed by atoms with Gasteiger partial charge in [-0.25, -0.2) is 0 Å². The number of nitrogens with one attached hydrogen (secondary N) is 1. The molecule has 0 heterocycles. The Balaban J connectivity index is 3.77. The third-order valence-electron chi connectivity index (χ3n) is 2.46. The van der Waals surface area contributed by atoms with Crippen molar-refractivity contribution in [3.05, 3.63) is 0 Å². The topological polar surface area (TPSA) is 12.0 Å². The first-order valence-electron chi connectivity index (χ1n) is 6.20. The van der Waals surface area contributed by atoms with Crippen molar-refractivity contribution >= 4 is 8.07 Å². The van der Waals surface area contributed by atoms with Crippen LogP contribution in [0.4, 0.5) is 0 Å². The molecule has 0 saturated heterocycles. The average Bonchev–Trinajstić information content (AvgIpc) is 2.02. The molecule has 0 aliphatic heterocycles. The maximum atomic E-state index is 3.56. The molecule has 0 aromatic heterocycles. The highest BCUT2D eigenvalue weighted by Crippen LogP contribution is 2.20. The molecule has 0 amide bonds. The summed E-state index contributed by atoms with van der Waals surface area (Å²) in [5.41, 5.74) is 0. The smallest absolute Gasteiger partial charge is 0.0445 e. The van der Waals surface area contributed by atoms with Crippen LogP contribution in [0.2, 0.25) is 25.7 Å². The van der Waals surface area contributed by atoms with Gasteiger partial charge in [0.1, 0.15) is 0 Å². The van der Waals surface area contributed by atoms with E-state index in [2.05, 4.69) is 38.8 Å². The first-order valence-corrected chi connectivity index (χ1v) is 9.91. The van der Waals surface area contributed by atoms with Gasteiger partial charge in [0.05, 0.1) is 0 Å². The third kappa shape index (κ3) is 8.76. The van der Waals surface area contributed by atoms with Gasteiger partial charge < -0.3 is 5.32 Å². The first-order chi connectivity index (χ1) is 6.49. The zero-order chi connectivity index (χ0) is 11.0. The highest BCUT2D eigenvalue weighted by atomic mass is 28.3. The van der Waals surface area contributed by atoms with Crippen LogP contribution in [0, 0.1) is 5.92 Å². The lowest BCUT2D eigenvalue weighted by Crippen LogP contribution is -2.30. The molecule has 14 heavy (non-hydrogen) atoms. The predicted molar refractivity (Wildman–Crippen MR) is 69.7 cm³/mol. The quantitative estimate of drug-likeness (QED) is 0.480. The molecule has 0 aromatic carbocycles. The van der Waals surface area contributed by atoms with E-state index in [0.717, 1.165) is 5.92 Å². The molecule has 0 saturated carbocycles. The molecule has 1 atom stereocenters. The highest BCUT2D eigenvalue weighted by molar-refractivity contribution is 6.76. The fourth-order valence-electron chi connectivity index (χ4n) is 2.03. The average molecular weight is 215 g/mol. The summed E-state index contributed by atoms with van der Waals surface area (Å²) in [6, 6.07) is 1.48. The maximum absolute atomic E-state index is 3.56. The van der Waals surface area contributed by atoms with Gasteiger partial charge in [0.2, 0.25) is 0 Å². The van der Waals surface area contributed by atoms with Crippen LogP contribution in [-0.4, -0.2) is 21.2 Å². The second-order valence-corrected chi connectivity index (χ2v) is 11.2. The molecule has 0 bridgehead atoms. The zero-order valence-corrected chi connectivity index (χ0v) is 11.8. The first kappa shape index (κ1) is 14.2. The Hall–Kier alpha value is 0.177. The summed E-state index contributed by atoms with van der Waals surface area (Å²) in [6.45, 7) is 14.4. The molecule has 0 aliphatic rings. The van der Waals surface area contributed by atoms with E-state index in [-0.39, 0.29) is 0 Å². The van der Waals surface area contributed by atoms with Crippen molar-refractivity contribution in [3.8, 4) is 0 Å². The summed E-state index contributed by atoms with van der Waals surface area (Å²) in [5, 5.41) is 3.56. The van der Waals surface area contributed by atoms with Crippen LogP contribution in [0.1, 0.15) is 33.1 Å². The number of rotatable bonds is 8. The molecule has 0 aliphatic carbocycles. The Kier molecular flexibility index (Phi) is 7.56. The van der Waals surface area contributed by atoms with Crippen LogP contribution in [0.3, 0.4) is 0 Å². The van der Waals surface area contributed by atoms with Crippen molar-refractivity contribution in [2.45, 2.75) is 58.8 Å². The van der Waals surface area contributed by atoms with Crippen LogP contribution in [-0.2, 0) is 0 Å². The molecule has 1 N–H and O–H groups in total. The molecule has 0 aromatic rings. The Bertz CT molecular complexity index is 129. The van der Waals surface area contributed by atoms with Crippen LogP contribution in [0.25, 0.3) is 0 Å². The lowest BCUT2D eigenvalue weighted by molar-refractivity contribution is 0.471. The molecule has 0 rings (SSSR count). The van der Waals surface area contributed by atoms with Crippen LogP contribution in [0.15, 0.2) is 0 Å². The lowest BCUT2D eigenvalue weighted by atomic mass is 10.1. The molecule has 86 valence electrons. The SMILES string of the molecule is CCCNCC(CCC)C[Si](C)(C)C. The normalized spacial score (nSPS) is 14.4. The summed E-state index contributed by atoms with van der Waals surface area (Å²) >= 11 is 0. The molecule has 0 spiro atoms.